The van der Waals surface area contributed by atoms with Crippen LogP contribution in [0.5, 0.6) is 5.75 Å². The summed E-state index contributed by atoms with van der Waals surface area (Å²) in [7, 11) is 0. The number of halogens is 1. The second kappa shape index (κ2) is 6.61. The van der Waals surface area contributed by atoms with Crippen molar-refractivity contribution >= 4 is 33.0 Å². The molecule has 0 aliphatic carbocycles. The largest absolute Gasteiger partial charge is 0.488 e. The summed E-state index contributed by atoms with van der Waals surface area (Å²) in [5, 5.41) is 3.37. The first-order valence-electron chi connectivity index (χ1n) is 6.74. The van der Waals surface area contributed by atoms with Crippen LogP contribution in [0.15, 0.2) is 40.2 Å². The summed E-state index contributed by atoms with van der Waals surface area (Å²) in [5.74, 6) is 0.924. The number of thiophene rings is 1. The lowest BCUT2D eigenvalue weighted by Gasteiger charge is -2.29. The average molecular weight is 353 g/mol. The first kappa shape index (κ1) is 13.9. The smallest absolute Gasteiger partial charge is 0.122 e. The highest BCUT2D eigenvalue weighted by atomic mass is 79.9. The van der Waals surface area contributed by atoms with Gasteiger partial charge < -0.3 is 15.0 Å². The molecule has 1 N–H and O–H groups in total. The Morgan fingerprint density at radius 2 is 1.85 bits per heavy atom. The molecular weight excluding hydrogens is 336 g/mol. The molecule has 0 spiro atoms. The number of hydrogen-bond donors (Lipinski definition) is 1. The predicted octanol–water partition coefficient (Wildman–Crippen LogP) is 3.50. The Morgan fingerprint density at radius 1 is 1.10 bits per heavy atom. The molecule has 0 radical (unpaired) electrons. The molecule has 1 aliphatic heterocycles. The average Bonchev–Trinajstić information content (AvgIpc) is 2.92. The summed E-state index contributed by atoms with van der Waals surface area (Å²) < 4.78 is 6.95. The minimum Gasteiger partial charge on any atom is -0.488 e. The minimum atomic E-state index is 0.628. The Morgan fingerprint density at radius 3 is 2.50 bits per heavy atom. The van der Waals surface area contributed by atoms with Crippen LogP contribution in [0.3, 0.4) is 0 Å². The van der Waals surface area contributed by atoms with Crippen LogP contribution in [0.1, 0.15) is 4.88 Å². The second-order valence-corrected chi connectivity index (χ2v) is 7.27. The van der Waals surface area contributed by atoms with Crippen LogP contribution in [0.4, 0.5) is 5.69 Å². The predicted molar refractivity (Wildman–Crippen MR) is 87.9 cm³/mol. The molecule has 1 aliphatic rings. The van der Waals surface area contributed by atoms with Crippen molar-refractivity contribution in [2.45, 2.75) is 6.61 Å². The first-order chi connectivity index (χ1) is 9.81. The van der Waals surface area contributed by atoms with Gasteiger partial charge in [-0.3, -0.25) is 0 Å². The number of hydrogen-bond acceptors (Lipinski definition) is 4. The van der Waals surface area contributed by atoms with E-state index in [9.17, 15) is 0 Å². The molecule has 0 bridgehead atoms. The summed E-state index contributed by atoms with van der Waals surface area (Å²) >= 11 is 5.17. The van der Waals surface area contributed by atoms with Gasteiger partial charge in [0.25, 0.3) is 0 Å². The van der Waals surface area contributed by atoms with Crippen LogP contribution in [-0.2, 0) is 6.61 Å². The highest BCUT2D eigenvalue weighted by molar-refractivity contribution is 9.11. The van der Waals surface area contributed by atoms with Gasteiger partial charge >= 0.3 is 0 Å². The molecule has 1 aromatic carbocycles. The number of rotatable bonds is 4. The van der Waals surface area contributed by atoms with Gasteiger partial charge in [-0.1, -0.05) is 0 Å². The van der Waals surface area contributed by atoms with Crippen LogP contribution >= 0.6 is 27.3 Å². The van der Waals surface area contributed by atoms with Crippen molar-refractivity contribution in [3.63, 3.8) is 0 Å². The van der Waals surface area contributed by atoms with Gasteiger partial charge in [-0.2, -0.15) is 0 Å². The number of anilines is 1. The molecule has 106 valence electrons. The normalized spacial score (nSPS) is 15.3. The van der Waals surface area contributed by atoms with Gasteiger partial charge in [-0.25, -0.2) is 0 Å². The van der Waals surface area contributed by atoms with Gasteiger partial charge in [-0.05, 0) is 52.3 Å². The van der Waals surface area contributed by atoms with Crippen LogP contribution in [0.2, 0.25) is 0 Å². The molecule has 2 aromatic rings. The molecule has 1 aromatic heterocycles. The van der Waals surface area contributed by atoms with Crippen LogP contribution in [0.25, 0.3) is 0 Å². The molecule has 2 heterocycles. The van der Waals surface area contributed by atoms with Gasteiger partial charge in [-0.15, -0.1) is 11.3 Å². The Kier molecular flexibility index (Phi) is 4.60. The van der Waals surface area contributed by atoms with E-state index < -0.39 is 0 Å². The van der Waals surface area contributed by atoms with Gasteiger partial charge in [0.05, 0.1) is 3.79 Å². The molecule has 0 unspecified atom stereocenters. The fourth-order valence-corrected chi connectivity index (χ4v) is 3.66. The van der Waals surface area contributed by atoms with Gasteiger partial charge in [0.15, 0.2) is 0 Å². The maximum Gasteiger partial charge on any atom is 0.122 e. The molecule has 1 saturated heterocycles. The van der Waals surface area contributed by atoms with E-state index in [1.54, 1.807) is 11.3 Å². The van der Waals surface area contributed by atoms with Gasteiger partial charge in [0.1, 0.15) is 12.4 Å². The third-order valence-electron chi connectivity index (χ3n) is 3.33. The molecule has 0 atom stereocenters. The number of benzene rings is 1. The van der Waals surface area contributed by atoms with Crippen molar-refractivity contribution in [2.75, 3.05) is 31.1 Å². The molecule has 20 heavy (non-hydrogen) atoms. The number of piperazine rings is 1. The molecule has 0 amide bonds. The van der Waals surface area contributed by atoms with Crippen molar-refractivity contribution in [3.05, 3.63) is 45.1 Å². The second-order valence-electron chi connectivity index (χ2n) is 4.73. The minimum absolute atomic E-state index is 0.628. The van der Waals surface area contributed by atoms with Crippen molar-refractivity contribution in [2.24, 2.45) is 0 Å². The zero-order chi connectivity index (χ0) is 13.8. The standard InChI is InChI=1S/C15H17BrN2OS/c16-15-6-5-14(20-15)11-19-13-3-1-12(2-4-13)18-9-7-17-8-10-18/h1-6,17H,7-11H2. The first-order valence-corrected chi connectivity index (χ1v) is 8.35. The lowest BCUT2D eigenvalue weighted by molar-refractivity contribution is 0.310. The van der Waals surface area contributed by atoms with E-state index in [0.717, 1.165) is 35.7 Å². The van der Waals surface area contributed by atoms with Crippen LogP contribution < -0.4 is 15.0 Å². The molecule has 1 fully saturated rings. The third kappa shape index (κ3) is 3.53. The monoisotopic (exact) mass is 352 g/mol. The highest BCUT2D eigenvalue weighted by Crippen LogP contribution is 2.24. The van der Waals surface area contributed by atoms with E-state index in [1.807, 2.05) is 0 Å². The van der Waals surface area contributed by atoms with E-state index in [-0.39, 0.29) is 0 Å². The summed E-state index contributed by atoms with van der Waals surface area (Å²) in [6.45, 7) is 4.90. The molecule has 3 rings (SSSR count). The lowest BCUT2D eigenvalue weighted by atomic mass is 10.2. The van der Waals surface area contributed by atoms with Crippen molar-refractivity contribution in [1.29, 1.82) is 0 Å². The van der Waals surface area contributed by atoms with Gasteiger partial charge in [0.2, 0.25) is 0 Å². The van der Waals surface area contributed by atoms with Crippen molar-refractivity contribution in [3.8, 4) is 5.75 Å². The number of nitrogens with one attached hydrogen (secondary N) is 1. The fraction of sp³-hybridized carbons (Fsp3) is 0.333. The Hall–Kier alpha value is -1.04. The van der Waals surface area contributed by atoms with Crippen molar-refractivity contribution < 1.29 is 4.74 Å². The molecule has 5 heteroatoms. The number of ether oxygens (including phenoxy) is 1. The van der Waals surface area contributed by atoms with E-state index in [1.165, 1.54) is 10.6 Å². The molecular formula is C15H17BrN2OS. The van der Waals surface area contributed by atoms with E-state index >= 15 is 0 Å². The summed E-state index contributed by atoms with van der Waals surface area (Å²) in [4.78, 5) is 3.62. The summed E-state index contributed by atoms with van der Waals surface area (Å²) in [5.41, 5.74) is 1.28. The Balaban J connectivity index is 1.58. The maximum absolute atomic E-state index is 5.81. The van der Waals surface area contributed by atoms with Crippen molar-refractivity contribution in [1.82, 2.24) is 5.32 Å². The SMILES string of the molecule is Brc1ccc(COc2ccc(N3CCNCC3)cc2)s1. The summed E-state index contributed by atoms with van der Waals surface area (Å²) in [6, 6.07) is 12.5. The number of nitrogens with zero attached hydrogens (tertiary/aromatic N) is 1. The Bertz CT molecular complexity index is 549. The highest BCUT2D eigenvalue weighted by Gasteiger charge is 2.10. The van der Waals surface area contributed by atoms with E-state index in [2.05, 4.69) is 62.5 Å². The van der Waals surface area contributed by atoms with Crippen LogP contribution in [-0.4, -0.2) is 26.2 Å². The van der Waals surface area contributed by atoms with Crippen LogP contribution in [0, 0.1) is 0 Å². The fourth-order valence-electron chi connectivity index (χ4n) is 2.26. The van der Waals surface area contributed by atoms with E-state index in [4.69, 9.17) is 4.74 Å². The van der Waals surface area contributed by atoms with E-state index in [0.29, 0.717) is 6.61 Å². The topological polar surface area (TPSA) is 24.5 Å². The zero-order valence-electron chi connectivity index (χ0n) is 11.1. The molecule has 3 nitrogen and oxygen atoms in total. The zero-order valence-corrected chi connectivity index (χ0v) is 13.5. The third-order valence-corrected chi connectivity index (χ3v) is 4.93. The van der Waals surface area contributed by atoms with Gasteiger partial charge in [0, 0.05) is 36.7 Å². The lowest BCUT2D eigenvalue weighted by Crippen LogP contribution is -2.43. The maximum atomic E-state index is 5.81. The quantitative estimate of drug-likeness (QED) is 0.911. The molecule has 0 saturated carbocycles. The summed E-state index contributed by atoms with van der Waals surface area (Å²) in [6.07, 6.45) is 0. The Labute approximate surface area is 131 Å².